The second-order valence-electron chi connectivity index (χ2n) is 4.60. The number of nitrogens with zero attached hydrogens (tertiary/aromatic N) is 1. The molecule has 3 rings (SSSR count). The van der Waals surface area contributed by atoms with E-state index in [-0.39, 0.29) is 11.9 Å². The Balaban J connectivity index is 2.17. The maximum Gasteiger partial charge on any atom is 0.123 e. The Morgan fingerprint density at radius 1 is 1.10 bits per heavy atom. The SMILES string of the molecule is NNC(c1cccc(F)c1)c1cccc2ccncc12. The number of hydrazine groups is 1. The van der Waals surface area contributed by atoms with Gasteiger partial charge in [-0.1, -0.05) is 30.3 Å². The van der Waals surface area contributed by atoms with Crippen molar-refractivity contribution < 1.29 is 4.39 Å². The molecule has 0 aliphatic rings. The van der Waals surface area contributed by atoms with Crippen molar-refractivity contribution in [2.24, 2.45) is 5.84 Å². The van der Waals surface area contributed by atoms with Gasteiger partial charge in [-0.25, -0.2) is 9.82 Å². The molecule has 0 fully saturated rings. The third-order valence-corrected chi connectivity index (χ3v) is 3.38. The van der Waals surface area contributed by atoms with Crippen LogP contribution < -0.4 is 11.3 Å². The highest BCUT2D eigenvalue weighted by atomic mass is 19.1. The van der Waals surface area contributed by atoms with Crippen LogP contribution in [-0.2, 0) is 0 Å². The fourth-order valence-corrected chi connectivity index (χ4v) is 2.44. The third kappa shape index (κ3) is 2.27. The van der Waals surface area contributed by atoms with E-state index in [4.69, 9.17) is 5.84 Å². The maximum absolute atomic E-state index is 13.4. The van der Waals surface area contributed by atoms with Gasteiger partial charge in [0.15, 0.2) is 0 Å². The summed E-state index contributed by atoms with van der Waals surface area (Å²) in [4.78, 5) is 4.16. The van der Waals surface area contributed by atoms with Crippen LogP contribution in [0.5, 0.6) is 0 Å². The molecular weight excluding hydrogens is 253 g/mol. The molecule has 1 atom stereocenters. The van der Waals surface area contributed by atoms with E-state index in [0.29, 0.717) is 0 Å². The first kappa shape index (κ1) is 12.7. The highest BCUT2D eigenvalue weighted by molar-refractivity contribution is 5.85. The topological polar surface area (TPSA) is 50.9 Å². The Hall–Kier alpha value is -2.30. The van der Waals surface area contributed by atoms with Crippen LogP contribution in [-0.4, -0.2) is 4.98 Å². The number of fused-ring (bicyclic) bond motifs is 1. The number of rotatable bonds is 3. The number of nitrogens with two attached hydrogens (primary N) is 1. The van der Waals surface area contributed by atoms with E-state index in [0.717, 1.165) is 21.9 Å². The van der Waals surface area contributed by atoms with Crippen molar-refractivity contribution >= 4 is 10.8 Å². The van der Waals surface area contributed by atoms with E-state index < -0.39 is 0 Å². The standard InChI is InChI=1S/C16H14FN3/c17-13-5-1-4-12(9-13)16(20-18)14-6-2-3-11-7-8-19-10-15(11)14/h1-10,16,20H,18H2. The van der Waals surface area contributed by atoms with E-state index in [1.807, 2.05) is 30.3 Å². The normalized spacial score (nSPS) is 12.5. The minimum absolute atomic E-state index is 0.277. The van der Waals surface area contributed by atoms with Gasteiger partial charge in [-0.15, -0.1) is 0 Å². The molecular formula is C16H14FN3. The summed E-state index contributed by atoms with van der Waals surface area (Å²) < 4.78 is 13.4. The van der Waals surface area contributed by atoms with Gasteiger partial charge in [0.05, 0.1) is 6.04 Å². The summed E-state index contributed by atoms with van der Waals surface area (Å²) in [6.45, 7) is 0. The minimum Gasteiger partial charge on any atom is -0.271 e. The molecule has 3 N–H and O–H groups in total. The van der Waals surface area contributed by atoms with E-state index in [1.54, 1.807) is 18.5 Å². The van der Waals surface area contributed by atoms with Crippen LogP contribution in [0, 0.1) is 5.82 Å². The van der Waals surface area contributed by atoms with E-state index in [2.05, 4.69) is 10.4 Å². The van der Waals surface area contributed by atoms with Crippen LogP contribution in [0.15, 0.2) is 60.9 Å². The number of hydrogen-bond donors (Lipinski definition) is 2. The monoisotopic (exact) mass is 267 g/mol. The quantitative estimate of drug-likeness (QED) is 0.566. The van der Waals surface area contributed by atoms with Crippen molar-refractivity contribution in [2.45, 2.75) is 6.04 Å². The molecule has 0 bridgehead atoms. The first-order valence-corrected chi connectivity index (χ1v) is 6.34. The summed E-state index contributed by atoms with van der Waals surface area (Å²) in [6, 6.07) is 14.0. The van der Waals surface area contributed by atoms with E-state index in [1.165, 1.54) is 12.1 Å². The molecule has 3 nitrogen and oxygen atoms in total. The van der Waals surface area contributed by atoms with Crippen LogP contribution in [0.4, 0.5) is 4.39 Å². The van der Waals surface area contributed by atoms with Crippen molar-refractivity contribution in [3.05, 3.63) is 77.9 Å². The molecule has 3 aromatic rings. The highest BCUT2D eigenvalue weighted by Crippen LogP contribution is 2.28. The predicted octanol–water partition coefficient (Wildman–Crippen LogP) is 2.93. The molecule has 0 saturated heterocycles. The smallest absolute Gasteiger partial charge is 0.123 e. The molecule has 1 heterocycles. The summed E-state index contributed by atoms with van der Waals surface area (Å²) in [5, 5.41) is 2.08. The van der Waals surface area contributed by atoms with Gasteiger partial charge in [-0.2, -0.15) is 0 Å². The van der Waals surface area contributed by atoms with Gasteiger partial charge in [0, 0.05) is 17.8 Å². The van der Waals surface area contributed by atoms with Crippen molar-refractivity contribution in [2.75, 3.05) is 0 Å². The Morgan fingerprint density at radius 2 is 1.95 bits per heavy atom. The summed E-state index contributed by atoms with van der Waals surface area (Å²) in [5.41, 5.74) is 4.52. The van der Waals surface area contributed by atoms with Crippen LogP contribution in [0.2, 0.25) is 0 Å². The molecule has 100 valence electrons. The zero-order valence-electron chi connectivity index (χ0n) is 10.8. The predicted molar refractivity (Wildman–Crippen MR) is 77.3 cm³/mol. The van der Waals surface area contributed by atoms with Gasteiger partial charge < -0.3 is 0 Å². The van der Waals surface area contributed by atoms with Gasteiger partial charge in [0.25, 0.3) is 0 Å². The maximum atomic E-state index is 13.4. The van der Waals surface area contributed by atoms with Crippen LogP contribution in [0.3, 0.4) is 0 Å². The molecule has 4 heteroatoms. The van der Waals surface area contributed by atoms with Crippen molar-refractivity contribution in [3.63, 3.8) is 0 Å². The Bertz CT molecular complexity index is 737. The zero-order chi connectivity index (χ0) is 13.9. The molecule has 0 aliphatic carbocycles. The molecule has 20 heavy (non-hydrogen) atoms. The van der Waals surface area contributed by atoms with Crippen LogP contribution >= 0.6 is 0 Å². The zero-order valence-corrected chi connectivity index (χ0v) is 10.8. The van der Waals surface area contributed by atoms with Crippen molar-refractivity contribution in [3.8, 4) is 0 Å². The van der Waals surface area contributed by atoms with Gasteiger partial charge in [0.2, 0.25) is 0 Å². The molecule has 0 aliphatic heterocycles. The van der Waals surface area contributed by atoms with Crippen LogP contribution in [0.25, 0.3) is 10.8 Å². The molecule has 0 spiro atoms. The molecule has 1 aromatic heterocycles. The highest BCUT2D eigenvalue weighted by Gasteiger charge is 2.15. The van der Waals surface area contributed by atoms with Gasteiger partial charge in [-0.3, -0.25) is 10.8 Å². The number of pyridine rings is 1. The van der Waals surface area contributed by atoms with E-state index in [9.17, 15) is 4.39 Å². The second kappa shape index (κ2) is 5.36. The van der Waals surface area contributed by atoms with E-state index >= 15 is 0 Å². The molecule has 0 radical (unpaired) electrons. The Labute approximate surface area is 116 Å². The number of benzene rings is 2. The summed E-state index contributed by atoms with van der Waals surface area (Å²) in [7, 11) is 0. The Kier molecular flexibility index (Phi) is 3.41. The number of hydrogen-bond acceptors (Lipinski definition) is 3. The third-order valence-electron chi connectivity index (χ3n) is 3.38. The Morgan fingerprint density at radius 3 is 2.75 bits per heavy atom. The van der Waals surface area contributed by atoms with Crippen LogP contribution in [0.1, 0.15) is 17.2 Å². The lowest BCUT2D eigenvalue weighted by molar-refractivity contribution is 0.607. The average molecular weight is 267 g/mol. The molecule has 0 amide bonds. The molecule has 1 unspecified atom stereocenters. The number of nitrogens with one attached hydrogen (secondary N) is 1. The summed E-state index contributed by atoms with van der Waals surface area (Å²) in [6.07, 6.45) is 3.55. The van der Waals surface area contributed by atoms with Crippen molar-refractivity contribution in [1.82, 2.24) is 10.4 Å². The van der Waals surface area contributed by atoms with Crippen molar-refractivity contribution in [1.29, 1.82) is 0 Å². The van der Waals surface area contributed by atoms with Gasteiger partial charge >= 0.3 is 0 Å². The summed E-state index contributed by atoms with van der Waals surface area (Å²) in [5.74, 6) is 5.41. The molecule has 2 aromatic carbocycles. The molecule has 0 saturated carbocycles. The minimum atomic E-state index is -0.279. The van der Waals surface area contributed by atoms with Gasteiger partial charge in [0.1, 0.15) is 5.82 Å². The van der Waals surface area contributed by atoms with Gasteiger partial charge in [-0.05, 0) is 34.7 Å². The first-order chi connectivity index (χ1) is 9.79. The fourth-order valence-electron chi connectivity index (χ4n) is 2.44. The average Bonchev–Trinajstić information content (AvgIpc) is 2.48. The lowest BCUT2D eigenvalue weighted by Gasteiger charge is -2.18. The second-order valence-corrected chi connectivity index (χ2v) is 4.60. The largest absolute Gasteiger partial charge is 0.271 e. The summed E-state index contributed by atoms with van der Waals surface area (Å²) >= 11 is 0. The fraction of sp³-hybridized carbons (Fsp3) is 0.0625. The lowest BCUT2D eigenvalue weighted by Crippen LogP contribution is -2.29. The number of aromatic nitrogens is 1. The lowest BCUT2D eigenvalue weighted by atomic mass is 9.95. The first-order valence-electron chi connectivity index (χ1n) is 6.34. The number of halogens is 1.